The molecule has 1 N–H and O–H groups in total. The number of rotatable bonds is 8. The van der Waals surface area contributed by atoms with E-state index >= 15 is 0 Å². The van der Waals surface area contributed by atoms with Crippen LogP contribution in [0.3, 0.4) is 0 Å². The summed E-state index contributed by atoms with van der Waals surface area (Å²) < 4.78 is 16.5. The van der Waals surface area contributed by atoms with E-state index in [2.05, 4.69) is 15.4 Å². The zero-order valence-corrected chi connectivity index (χ0v) is 19.7. The third-order valence-corrected chi connectivity index (χ3v) is 5.55. The minimum absolute atomic E-state index is 0.356. The van der Waals surface area contributed by atoms with Gasteiger partial charge in [-0.1, -0.05) is 37.3 Å². The molecule has 0 bridgehead atoms. The van der Waals surface area contributed by atoms with Crippen molar-refractivity contribution >= 4 is 17.7 Å². The highest BCUT2D eigenvalue weighted by Crippen LogP contribution is 2.31. The molecule has 180 valence electrons. The summed E-state index contributed by atoms with van der Waals surface area (Å²) in [5.41, 5.74) is 2.25. The van der Waals surface area contributed by atoms with Crippen LogP contribution in [0.15, 0.2) is 78.2 Å². The monoisotopic (exact) mass is 474 g/mol. The van der Waals surface area contributed by atoms with Gasteiger partial charge in [-0.05, 0) is 42.3 Å². The van der Waals surface area contributed by atoms with Crippen LogP contribution < -0.4 is 14.8 Å². The molecular weight excluding hydrogens is 448 g/mol. The molecular formula is C26H26N4O5. The first-order valence-electron chi connectivity index (χ1n) is 11.1. The Morgan fingerprint density at radius 2 is 1.86 bits per heavy atom. The first kappa shape index (κ1) is 23.7. The highest BCUT2D eigenvalue weighted by Gasteiger charge is 2.36. The second-order valence-corrected chi connectivity index (χ2v) is 7.71. The Hall–Kier alpha value is -4.40. The summed E-state index contributed by atoms with van der Waals surface area (Å²) in [4.78, 5) is 30.1. The van der Waals surface area contributed by atoms with Crippen molar-refractivity contribution in [1.29, 1.82) is 0 Å². The van der Waals surface area contributed by atoms with Crippen molar-refractivity contribution in [3.05, 3.63) is 89.7 Å². The molecule has 4 rings (SSSR count). The van der Waals surface area contributed by atoms with E-state index in [1.54, 1.807) is 56.8 Å². The van der Waals surface area contributed by atoms with Crippen LogP contribution in [0.25, 0.3) is 0 Å². The molecule has 0 fully saturated rings. The second kappa shape index (κ2) is 10.7. The lowest BCUT2D eigenvalue weighted by molar-refractivity contribution is 0.0493. The average molecular weight is 475 g/mol. The highest BCUT2D eigenvalue weighted by molar-refractivity contribution is 6.06. The molecule has 2 heterocycles. The maximum atomic E-state index is 13.1. The molecule has 0 saturated carbocycles. The van der Waals surface area contributed by atoms with E-state index in [1.165, 1.54) is 6.20 Å². The van der Waals surface area contributed by atoms with E-state index in [9.17, 15) is 9.59 Å². The molecule has 2 atom stereocenters. The first-order chi connectivity index (χ1) is 17.0. The Labute approximate surface area is 203 Å². The summed E-state index contributed by atoms with van der Waals surface area (Å²) in [5.74, 6) is 0.691. The number of aromatic nitrogens is 1. The fraction of sp³-hybridized carbons (Fsp3) is 0.231. The van der Waals surface area contributed by atoms with Gasteiger partial charge < -0.3 is 19.5 Å². The van der Waals surface area contributed by atoms with Gasteiger partial charge in [-0.2, -0.15) is 10.1 Å². The Morgan fingerprint density at radius 1 is 1.09 bits per heavy atom. The van der Waals surface area contributed by atoms with Crippen molar-refractivity contribution in [2.75, 3.05) is 14.2 Å². The molecule has 0 spiro atoms. The van der Waals surface area contributed by atoms with Crippen LogP contribution in [-0.2, 0) is 4.74 Å². The van der Waals surface area contributed by atoms with Gasteiger partial charge in [0.05, 0.1) is 19.8 Å². The largest absolute Gasteiger partial charge is 0.493 e. The zero-order valence-electron chi connectivity index (χ0n) is 19.7. The number of methoxy groups -OCH3 is 2. The zero-order chi connectivity index (χ0) is 24.8. The number of hydrogen-bond acceptors (Lipinski definition) is 7. The number of ether oxygens (including phenoxy) is 3. The third kappa shape index (κ3) is 5.08. The molecule has 9 nitrogen and oxygen atoms in total. The van der Waals surface area contributed by atoms with E-state index in [0.717, 1.165) is 5.01 Å². The Morgan fingerprint density at radius 3 is 2.51 bits per heavy atom. The molecule has 2 aromatic carbocycles. The Balaban J connectivity index is 1.77. The molecule has 35 heavy (non-hydrogen) atoms. The number of nitrogens with zero attached hydrogens (tertiary/aromatic N) is 3. The maximum absolute atomic E-state index is 13.1. The molecule has 0 saturated heterocycles. The van der Waals surface area contributed by atoms with Crippen LogP contribution in [0.1, 0.15) is 41.0 Å². The summed E-state index contributed by atoms with van der Waals surface area (Å²) in [6.45, 7) is 1.91. The normalized spacial score (nSPS) is 16.1. The van der Waals surface area contributed by atoms with E-state index in [0.29, 0.717) is 40.3 Å². The van der Waals surface area contributed by atoms with E-state index in [1.807, 2.05) is 31.2 Å². The third-order valence-electron chi connectivity index (χ3n) is 5.55. The molecule has 0 aliphatic carbocycles. The number of benzene rings is 2. The van der Waals surface area contributed by atoms with Crippen molar-refractivity contribution in [3.8, 4) is 11.5 Å². The van der Waals surface area contributed by atoms with E-state index in [4.69, 9.17) is 14.2 Å². The van der Waals surface area contributed by atoms with E-state index in [-0.39, 0.29) is 0 Å². The van der Waals surface area contributed by atoms with Crippen molar-refractivity contribution in [3.63, 3.8) is 0 Å². The van der Waals surface area contributed by atoms with Crippen LogP contribution in [0.5, 0.6) is 11.5 Å². The van der Waals surface area contributed by atoms with Gasteiger partial charge in [0.2, 0.25) is 0 Å². The fourth-order valence-electron chi connectivity index (χ4n) is 3.76. The molecule has 1 aliphatic rings. The van der Waals surface area contributed by atoms with Crippen LogP contribution in [0.4, 0.5) is 4.79 Å². The van der Waals surface area contributed by atoms with E-state index < -0.39 is 24.3 Å². The van der Waals surface area contributed by atoms with Gasteiger partial charge in [0, 0.05) is 18.0 Å². The molecule has 2 amide bonds. The van der Waals surface area contributed by atoms with Crippen LogP contribution in [-0.4, -0.2) is 48.0 Å². The Kier molecular flexibility index (Phi) is 7.25. The molecule has 9 heteroatoms. The Bertz CT molecular complexity index is 1220. The summed E-state index contributed by atoms with van der Waals surface area (Å²) >= 11 is 0. The predicted octanol–water partition coefficient (Wildman–Crippen LogP) is 4.16. The van der Waals surface area contributed by atoms with Crippen molar-refractivity contribution < 1.29 is 23.8 Å². The minimum atomic E-state index is -0.913. The van der Waals surface area contributed by atoms with Crippen molar-refractivity contribution in [1.82, 2.24) is 15.3 Å². The molecule has 1 aromatic heterocycles. The van der Waals surface area contributed by atoms with Gasteiger partial charge in [0.25, 0.3) is 5.91 Å². The van der Waals surface area contributed by atoms with Crippen LogP contribution in [0, 0.1) is 0 Å². The molecule has 2 unspecified atom stereocenters. The number of amides is 2. The number of hydrogen-bond donors (Lipinski definition) is 1. The molecule has 1 aliphatic heterocycles. The van der Waals surface area contributed by atoms with Gasteiger partial charge in [-0.25, -0.2) is 4.79 Å². The maximum Gasteiger partial charge on any atom is 0.433 e. The average Bonchev–Trinajstić information content (AvgIpc) is 2.92. The van der Waals surface area contributed by atoms with Crippen molar-refractivity contribution in [2.24, 2.45) is 5.10 Å². The predicted molar refractivity (Wildman–Crippen MR) is 129 cm³/mol. The second-order valence-electron chi connectivity index (χ2n) is 7.71. The number of hydrazone groups is 1. The smallest absolute Gasteiger partial charge is 0.433 e. The summed E-state index contributed by atoms with van der Waals surface area (Å²) in [7, 11) is 3.11. The number of cyclic esters (lactones) is 1. The van der Waals surface area contributed by atoms with Gasteiger partial charge in [0.1, 0.15) is 11.8 Å². The minimum Gasteiger partial charge on any atom is -0.493 e. The van der Waals surface area contributed by atoms with Crippen LogP contribution in [0.2, 0.25) is 0 Å². The summed E-state index contributed by atoms with van der Waals surface area (Å²) in [5, 5.41) is 8.73. The van der Waals surface area contributed by atoms with Gasteiger partial charge in [-0.3, -0.25) is 9.78 Å². The van der Waals surface area contributed by atoms with Crippen LogP contribution >= 0.6 is 0 Å². The lowest BCUT2D eigenvalue weighted by atomic mass is 10.0. The first-order valence-corrected chi connectivity index (χ1v) is 11.1. The number of pyridine rings is 1. The number of carbonyl (C=O) groups is 2. The fourth-order valence-corrected chi connectivity index (χ4v) is 3.76. The van der Waals surface area contributed by atoms with Gasteiger partial charge in [-0.15, -0.1) is 0 Å². The summed E-state index contributed by atoms with van der Waals surface area (Å²) in [6.07, 6.45) is 1.41. The molecule has 0 radical (unpaired) electrons. The quantitative estimate of drug-likeness (QED) is 0.526. The molecule has 3 aromatic rings. The van der Waals surface area contributed by atoms with Gasteiger partial charge >= 0.3 is 6.09 Å². The number of nitrogens with one attached hydrogen (secondary N) is 1. The number of carbonyl (C=O) groups excluding carboxylic acids is 2. The highest BCUT2D eigenvalue weighted by atomic mass is 16.6. The standard InChI is InChI=1S/C26H26N4O5/c1-4-20-23(18-12-13-21(33-2)22(15-18)34-3)29-30(26(32)35-20)24(17-9-6-5-7-10-17)28-25(31)19-11-8-14-27-16-19/h5-16,20,24H,4H2,1-3H3,(H,28,31). The van der Waals surface area contributed by atoms with Gasteiger partial charge in [0.15, 0.2) is 17.7 Å². The van der Waals surface area contributed by atoms with Crippen molar-refractivity contribution in [2.45, 2.75) is 25.6 Å². The summed E-state index contributed by atoms with van der Waals surface area (Å²) in [6, 6.07) is 17.8. The lowest BCUT2D eigenvalue weighted by Crippen LogP contribution is -2.48. The SMILES string of the molecule is CCC1OC(=O)N(C(NC(=O)c2cccnc2)c2ccccc2)N=C1c1ccc(OC)c(OC)c1. The topological polar surface area (TPSA) is 102 Å². The lowest BCUT2D eigenvalue weighted by Gasteiger charge is -2.34.